The fraction of sp³-hybridized carbons (Fsp3) is 0.231. The number of ether oxygens (including phenoxy) is 1. The number of hydrogen-bond donors (Lipinski definition) is 2. The van der Waals surface area contributed by atoms with Crippen LogP contribution in [0.15, 0.2) is 71.7 Å². The summed E-state index contributed by atoms with van der Waals surface area (Å²) in [6.07, 6.45) is 0. The average Bonchev–Trinajstić information content (AvgIpc) is 2.84. The van der Waals surface area contributed by atoms with Crippen molar-refractivity contribution in [2.75, 3.05) is 11.9 Å². The number of carboxylic acid groups (broad SMARTS) is 1. The summed E-state index contributed by atoms with van der Waals surface area (Å²) in [4.78, 5) is 34.7. The molecule has 180 valence electrons. The van der Waals surface area contributed by atoms with Crippen molar-refractivity contribution in [2.24, 2.45) is 16.8 Å². The lowest BCUT2D eigenvalue weighted by atomic mass is 9.93. The summed E-state index contributed by atoms with van der Waals surface area (Å²) in [5, 5.41) is 13.0. The summed E-state index contributed by atoms with van der Waals surface area (Å²) in [5.41, 5.74) is 1.57. The Labute approximate surface area is 208 Å². The molecule has 1 aliphatic rings. The van der Waals surface area contributed by atoms with Gasteiger partial charge in [-0.2, -0.15) is 0 Å². The van der Waals surface area contributed by atoms with Crippen LogP contribution in [0, 0.1) is 11.8 Å². The minimum absolute atomic E-state index is 0.0248. The maximum Gasteiger partial charge on any atom is 0.354 e. The molecule has 2 aromatic carbocycles. The van der Waals surface area contributed by atoms with E-state index in [1.165, 1.54) is 6.07 Å². The van der Waals surface area contributed by atoms with E-state index in [1.807, 2.05) is 26.0 Å². The van der Waals surface area contributed by atoms with Crippen molar-refractivity contribution < 1.29 is 19.4 Å². The number of rotatable bonds is 7. The molecule has 1 aromatic heterocycles. The lowest BCUT2D eigenvalue weighted by molar-refractivity contribution is -0.133. The quantitative estimate of drug-likeness (QED) is 0.463. The van der Waals surface area contributed by atoms with Gasteiger partial charge in [0.25, 0.3) is 0 Å². The van der Waals surface area contributed by atoms with E-state index in [0.717, 1.165) is 11.3 Å². The fourth-order valence-corrected chi connectivity index (χ4v) is 3.75. The van der Waals surface area contributed by atoms with Crippen LogP contribution in [0.1, 0.15) is 29.9 Å². The highest BCUT2D eigenvalue weighted by atomic mass is 35.5. The zero-order chi connectivity index (χ0) is 24.9. The Bertz CT molecular complexity index is 1240. The Kier molecular flexibility index (Phi) is 7.31. The molecule has 0 bridgehead atoms. The number of pyridine rings is 1. The zero-order valence-electron chi connectivity index (χ0n) is 19.3. The number of nitrogens with zero attached hydrogens (tertiary/aromatic N) is 3. The Morgan fingerprint density at radius 1 is 1.14 bits per heavy atom. The van der Waals surface area contributed by atoms with E-state index in [-0.39, 0.29) is 29.3 Å². The standard InChI is InChI=1S/C26H25ClN4O4/c1-16(2)21-14-28-26(31(24(21)32)15-17-6-8-18(27)9-7-17)29-19-10-12-20(13-11-19)35-23-5-3-4-22(30-23)25(33)34/h3-13,16,21H,14-15H2,1-2H3,(H,28,29)(H,33,34). The minimum atomic E-state index is -1.12. The number of anilines is 1. The third-order valence-electron chi connectivity index (χ3n) is 5.61. The molecule has 1 atom stereocenters. The topological polar surface area (TPSA) is 104 Å². The summed E-state index contributed by atoms with van der Waals surface area (Å²) >= 11 is 6.01. The van der Waals surface area contributed by atoms with E-state index in [0.29, 0.717) is 29.8 Å². The van der Waals surface area contributed by atoms with Gasteiger partial charge in [-0.05, 0) is 53.9 Å². The number of nitrogens with one attached hydrogen (secondary N) is 1. The first-order chi connectivity index (χ1) is 16.8. The molecule has 9 heteroatoms. The van der Waals surface area contributed by atoms with Gasteiger partial charge in [0.15, 0.2) is 5.69 Å². The van der Waals surface area contributed by atoms with Gasteiger partial charge in [-0.25, -0.2) is 9.78 Å². The maximum atomic E-state index is 13.3. The first kappa shape index (κ1) is 24.2. The van der Waals surface area contributed by atoms with Gasteiger partial charge in [0, 0.05) is 16.8 Å². The Balaban J connectivity index is 1.50. The number of aromatic nitrogens is 1. The third kappa shape index (κ3) is 5.96. The van der Waals surface area contributed by atoms with Gasteiger partial charge in [-0.3, -0.25) is 14.7 Å². The van der Waals surface area contributed by atoms with Gasteiger partial charge >= 0.3 is 5.97 Å². The molecular weight excluding hydrogens is 468 g/mol. The molecule has 0 fully saturated rings. The monoisotopic (exact) mass is 492 g/mol. The van der Waals surface area contributed by atoms with E-state index in [4.69, 9.17) is 21.4 Å². The molecule has 8 nitrogen and oxygen atoms in total. The number of carboxylic acids is 1. The molecule has 0 saturated carbocycles. The molecule has 0 aliphatic carbocycles. The molecule has 0 saturated heterocycles. The largest absolute Gasteiger partial charge is 0.477 e. The van der Waals surface area contributed by atoms with Crippen molar-refractivity contribution in [1.82, 2.24) is 9.88 Å². The van der Waals surface area contributed by atoms with E-state index in [9.17, 15) is 9.59 Å². The zero-order valence-corrected chi connectivity index (χ0v) is 20.1. The molecule has 2 heterocycles. The smallest absolute Gasteiger partial charge is 0.354 e. The van der Waals surface area contributed by atoms with Crippen molar-refractivity contribution in [2.45, 2.75) is 20.4 Å². The maximum absolute atomic E-state index is 13.3. The highest BCUT2D eigenvalue weighted by Crippen LogP contribution is 2.25. The van der Waals surface area contributed by atoms with E-state index in [1.54, 1.807) is 53.4 Å². The second kappa shape index (κ2) is 10.6. The van der Waals surface area contributed by atoms with Gasteiger partial charge in [-0.1, -0.05) is 43.6 Å². The Morgan fingerprint density at radius 2 is 1.86 bits per heavy atom. The number of hydrogen-bond acceptors (Lipinski definition) is 6. The van der Waals surface area contributed by atoms with Crippen LogP contribution in [-0.2, 0) is 11.3 Å². The summed E-state index contributed by atoms with van der Waals surface area (Å²) in [6.45, 7) is 4.84. The van der Waals surface area contributed by atoms with Crippen LogP contribution in [0.4, 0.5) is 5.69 Å². The number of aromatic carboxylic acids is 1. The third-order valence-corrected chi connectivity index (χ3v) is 5.86. The van der Waals surface area contributed by atoms with Gasteiger partial charge < -0.3 is 15.2 Å². The van der Waals surface area contributed by atoms with E-state index < -0.39 is 5.97 Å². The van der Waals surface area contributed by atoms with Crippen molar-refractivity contribution in [1.29, 1.82) is 0 Å². The fourth-order valence-electron chi connectivity index (χ4n) is 3.63. The minimum Gasteiger partial charge on any atom is -0.477 e. The second-order valence-electron chi connectivity index (χ2n) is 8.48. The predicted molar refractivity (Wildman–Crippen MR) is 134 cm³/mol. The number of benzene rings is 2. The van der Waals surface area contributed by atoms with Crippen LogP contribution < -0.4 is 10.1 Å². The van der Waals surface area contributed by atoms with Gasteiger partial charge in [0.05, 0.1) is 19.0 Å². The van der Waals surface area contributed by atoms with Crippen LogP contribution in [-0.4, -0.2) is 39.4 Å². The SMILES string of the molecule is CC(C)C1CN=C(Nc2ccc(Oc3cccc(C(=O)O)n3)cc2)N(Cc2ccc(Cl)cc2)C1=O. The first-order valence-corrected chi connectivity index (χ1v) is 11.5. The lowest BCUT2D eigenvalue weighted by Crippen LogP contribution is -2.49. The normalized spacial score (nSPS) is 15.7. The summed E-state index contributed by atoms with van der Waals surface area (Å²) in [5.74, 6) is 0.0403. The Hall–Kier alpha value is -3.91. The van der Waals surface area contributed by atoms with E-state index in [2.05, 4.69) is 15.3 Å². The lowest BCUT2D eigenvalue weighted by Gasteiger charge is -2.34. The summed E-state index contributed by atoms with van der Waals surface area (Å²) in [6, 6.07) is 19.0. The highest BCUT2D eigenvalue weighted by Gasteiger charge is 2.33. The van der Waals surface area contributed by atoms with Crippen molar-refractivity contribution in [3.63, 3.8) is 0 Å². The molecule has 35 heavy (non-hydrogen) atoms. The number of halogens is 1. The van der Waals surface area contributed by atoms with Crippen molar-refractivity contribution >= 4 is 35.1 Å². The summed E-state index contributed by atoms with van der Waals surface area (Å²) in [7, 11) is 0. The highest BCUT2D eigenvalue weighted by molar-refractivity contribution is 6.30. The molecular formula is C26H25ClN4O4. The molecule has 0 spiro atoms. The average molecular weight is 493 g/mol. The summed E-state index contributed by atoms with van der Waals surface area (Å²) < 4.78 is 5.67. The molecule has 4 rings (SSSR count). The van der Waals surface area contributed by atoms with Crippen LogP contribution >= 0.6 is 11.6 Å². The van der Waals surface area contributed by atoms with E-state index >= 15 is 0 Å². The van der Waals surface area contributed by atoms with Crippen molar-refractivity contribution in [3.8, 4) is 11.6 Å². The molecule has 1 unspecified atom stereocenters. The number of aliphatic imine (C=N–C) groups is 1. The molecule has 3 aromatic rings. The van der Waals surface area contributed by atoms with Gasteiger partial charge in [-0.15, -0.1) is 0 Å². The number of carbonyl (C=O) groups is 2. The predicted octanol–water partition coefficient (Wildman–Crippen LogP) is 5.31. The van der Waals surface area contributed by atoms with Gasteiger partial charge in [0.2, 0.25) is 17.7 Å². The second-order valence-corrected chi connectivity index (χ2v) is 8.92. The molecule has 0 radical (unpaired) electrons. The van der Waals surface area contributed by atoms with Crippen LogP contribution in [0.25, 0.3) is 0 Å². The molecule has 1 aliphatic heterocycles. The van der Waals surface area contributed by atoms with Crippen LogP contribution in [0.3, 0.4) is 0 Å². The van der Waals surface area contributed by atoms with Crippen molar-refractivity contribution in [3.05, 3.63) is 83.0 Å². The molecule has 2 N–H and O–H groups in total. The van der Waals surface area contributed by atoms with Gasteiger partial charge in [0.1, 0.15) is 5.75 Å². The molecule has 1 amide bonds. The van der Waals surface area contributed by atoms with Crippen LogP contribution in [0.2, 0.25) is 5.02 Å². The number of guanidine groups is 1. The first-order valence-electron chi connectivity index (χ1n) is 11.2. The van der Waals surface area contributed by atoms with Crippen LogP contribution in [0.5, 0.6) is 11.6 Å². The number of amides is 1. The number of carbonyl (C=O) groups excluding carboxylic acids is 1. The Morgan fingerprint density at radius 3 is 2.51 bits per heavy atom.